The van der Waals surface area contributed by atoms with Crippen molar-refractivity contribution in [3.8, 4) is 0 Å². The Balaban J connectivity index is 2.50. The molecule has 0 atom stereocenters. The van der Waals surface area contributed by atoms with Gasteiger partial charge in [0.25, 0.3) is 0 Å². The van der Waals surface area contributed by atoms with E-state index in [1.165, 1.54) is 11.4 Å². The van der Waals surface area contributed by atoms with Crippen LogP contribution in [0.3, 0.4) is 0 Å². The van der Waals surface area contributed by atoms with Crippen LogP contribution in [0.4, 0.5) is 0 Å². The Morgan fingerprint density at radius 3 is 2.93 bits per heavy atom. The van der Waals surface area contributed by atoms with Crippen LogP contribution in [0.1, 0.15) is 31.7 Å². The molecule has 84 valence electrons. The number of aromatic nitrogens is 2. The van der Waals surface area contributed by atoms with Crippen molar-refractivity contribution in [3.63, 3.8) is 0 Å². The highest BCUT2D eigenvalue weighted by Crippen LogP contribution is 2.05. The zero-order valence-electron chi connectivity index (χ0n) is 9.79. The van der Waals surface area contributed by atoms with Crippen LogP contribution in [0.15, 0.2) is 18.7 Å². The van der Waals surface area contributed by atoms with Crippen LogP contribution >= 0.6 is 0 Å². The average molecular weight is 207 g/mol. The number of hydrogen-bond acceptors (Lipinski definition) is 2. The van der Waals surface area contributed by atoms with E-state index in [1.54, 1.807) is 0 Å². The molecule has 1 aromatic heterocycles. The van der Waals surface area contributed by atoms with Crippen LogP contribution in [0.2, 0.25) is 0 Å². The summed E-state index contributed by atoms with van der Waals surface area (Å²) >= 11 is 0. The normalized spacial score (nSPS) is 10.5. The van der Waals surface area contributed by atoms with E-state index in [1.807, 2.05) is 6.08 Å². The first-order valence-electron chi connectivity index (χ1n) is 5.69. The molecule has 0 bridgehead atoms. The van der Waals surface area contributed by atoms with Gasteiger partial charge >= 0.3 is 0 Å². The Labute approximate surface area is 92.2 Å². The molecule has 0 aliphatic heterocycles. The lowest BCUT2D eigenvalue weighted by molar-refractivity contribution is 0.580. The van der Waals surface area contributed by atoms with Crippen molar-refractivity contribution in [2.45, 2.75) is 39.8 Å². The van der Waals surface area contributed by atoms with Gasteiger partial charge in [-0.25, -0.2) is 0 Å². The van der Waals surface area contributed by atoms with E-state index in [9.17, 15) is 0 Å². The SMILES string of the molecule is C=CCCNCc1cc(CC)nn1CC. The third kappa shape index (κ3) is 3.51. The van der Waals surface area contributed by atoms with Crippen molar-refractivity contribution in [1.29, 1.82) is 0 Å². The van der Waals surface area contributed by atoms with Gasteiger partial charge in [0, 0.05) is 13.1 Å². The van der Waals surface area contributed by atoms with Crippen LogP contribution in [0, 0.1) is 0 Å². The van der Waals surface area contributed by atoms with Gasteiger partial charge in [-0.3, -0.25) is 4.68 Å². The van der Waals surface area contributed by atoms with Crippen LogP contribution in [0.25, 0.3) is 0 Å². The molecule has 1 aromatic rings. The fourth-order valence-corrected chi connectivity index (χ4v) is 1.52. The van der Waals surface area contributed by atoms with Crippen molar-refractivity contribution >= 4 is 0 Å². The zero-order chi connectivity index (χ0) is 11.1. The minimum atomic E-state index is 0.898. The predicted octanol–water partition coefficient (Wildman–Crippen LogP) is 2.13. The molecule has 0 saturated heterocycles. The number of aryl methyl sites for hydroxylation is 2. The van der Waals surface area contributed by atoms with Gasteiger partial charge in [0.05, 0.1) is 11.4 Å². The molecule has 0 unspecified atom stereocenters. The first kappa shape index (κ1) is 12.0. The molecule has 0 aromatic carbocycles. The Morgan fingerprint density at radius 2 is 2.33 bits per heavy atom. The van der Waals surface area contributed by atoms with E-state index >= 15 is 0 Å². The molecule has 1 heterocycles. The average Bonchev–Trinajstić information content (AvgIpc) is 2.67. The topological polar surface area (TPSA) is 29.9 Å². The number of rotatable bonds is 7. The minimum absolute atomic E-state index is 0.898. The molecule has 0 fully saturated rings. The third-order valence-corrected chi connectivity index (χ3v) is 2.41. The standard InChI is InChI=1S/C12H21N3/c1-4-7-8-13-10-12-9-11(5-2)14-15(12)6-3/h4,9,13H,1,5-8,10H2,2-3H3. The van der Waals surface area contributed by atoms with E-state index in [4.69, 9.17) is 0 Å². The summed E-state index contributed by atoms with van der Waals surface area (Å²) in [6, 6.07) is 2.18. The summed E-state index contributed by atoms with van der Waals surface area (Å²) < 4.78 is 2.07. The van der Waals surface area contributed by atoms with Gasteiger partial charge in [-0.15, -0.1) is 6.58 Å². The van der Waals surface area contributed by atoms with Gasteiger partial charge in [0.15, 0.2) is 0 Å². The van der Waals surface area contributed by atoms with E-state index in [-0.39, 0.29) is 0 Å². The fraction of sp³-hybridized carbons (Fsp3) is 0.583. The summed E-state index contributed by atoms with van der Waals surface area (Å²) in [7, 11) is 0. The van der Waals surface area contributed by atoms with E-state index in [0.29, 0.717) is 0 Å². The van der Waals surface area contributed by atoms with Crippen LogP contribution < -0.4 is 5.32 Å². The summed E-state index contributed by atoms with van der Waals surface area (Å²) in [6.07, 6.45) is 3.95. The van der Waals surface area contributed by atoms with E-state index in [0.717, 1.165) is 32.5 Å². The maximum absolute atomic E-state index is 4.50. The maximum Gasteiger partial charge on any atom is 0.0625 e. The molecular weight excluding hydrogens is 186 g/mol. The first-order valence-corrected chi connectivity index (χ1v) is 5.69. The molecule has 0 saturated carbocycles. The fourth-order valence-electron chi connectivity index (χ4n) is 1.52. The van der Waals surface area contributed by atoms with E-state index in [2.05, 4.69) is 41.6 Å². The largest absolute Gasteiger partial charge is 0.311 e. The molecule has 1 rings (SSSR count). The van der Waals surface area contributed by atoms with Gasteiger partial charge < -0.3 is 5.32 Å². The van der Waals surface area contributed by atoms with Crippen molar-refractivity contribution in [2.24, 2.45) is 0 Å². The number of nitrogens with one attached hydrogen (secondary N) is 1. The van der Waals surface area contributed by atoms with Gasteiger partial charge in [-0.2, -0.15) is 5.10 Å². The summed E-state index contributed by atoms with van der Waals surface area (Å²) in [4.78, 5) is 0. The second kappa shape index (κ2) is 6.40. The molecule has 1 N–H and O–H groups in total. The molecule has 3 heteroatoms. The highest BCUT2D eigenvalue weighted by molar-refractivity contribution is 5.10. The van der Waals surface area contributed by atoms with Crippen molar-refractivity contribution in [2.75, 3.05) is 6.54 Å². The summed E-state index contributed by atoms with van der Waals surface area (Å²) in [6.45, 7) is 10.8. The minimum Gasteiger partial charge on any atom is -0.311 e. The lowest BCUT2D eigenvalue weighted by Gasteiger charge is -2.05. The van der Waals surface area contributed by atoms with Crippen molar-refractivity contribution in [3.05, 3.63) is 30.1 Å². The second-order valence-electron chi connectivity index (χ2n) is 3.55. The Bertz CT molecular complexity index is 302. The predicted molar refractivity (Wildman–Crippen MR) is 63.8 cm³/mol. The molecule has 0 aliphatic carbocycles. The van der Waals surface area contributed by atoms with Gasteiger partial charge in [0.2, 0.25) is 0 Å². The summed E-state index contributed by atoms with van der Waals surface area (Å²) in [5.74, 6) is 0. The number of nitrogens with zero attached hydrogens (tertiary/aromatic N) is 2. The highest BCUT2D eigenvalue weighted by atomic mass is 15.3. The van der Waals surface area contributed by atoms with Crippen molar-refractivity contribution < 1.29 is 0 Å². The van der Waals surface area contributed by atoms with Gasteiger partial charge in [-0.1, -0.05) is 13.0 Å². The molecule has 15 heavy (non-hydrogen) atoms. The molecule has 0 radical (unpaired) electrons. The van der Waals surface area contributed by atoms with Crippen LogP contribution in [-0.4, -0.2) is 16.3 Å². The molecule has 0 amide bonds. The molecular formula is C12H21N3. The highest BCUT2D eigenvalue weighted by Gasteiger charge is 2.04. The lowest BCUT2D eigenvalue weighted by atomic mass is 10.3. The molecule has 3 nitrogen and oxygen atoms in total. The third-order valence-electron chi connectivity index (χ3n) is 2.41. The van der Waals surface area contributed by atoms with E-state index < -0.39 is 0 Å². The summed E-state index contributed by atoms with van der Waals surface area (Å²) in [5.41, 5.74) is 2.45. The smallest absolute Gasteiger partial charge is 0.0625 e. The van der Waals surface area contributed by atoms with Crippen molar-refractivity contribution in [1.82, 2.24) is 15.1 Å². The first-order chi connectivity index (χ1) is 7.31. The van der Waals surface area contributed by atoms with Gasteiger partial charge in [-0.05, 0) is 32.4 Å². The number of hydrogen-bond donors (Lipinski definition) is 1. The second-order valence-corrected chi connectivity index (χ2v) is 3.55. The van der Waals surface area contributed by atoms with Crippen LogP contribution in [0.5, 0.6) is 0 Å². The Hall–Kier alpha value is -1.09. The molecule has 0 spiro atoms. The van der Waals surface area contributed by atoms with Gasteiger partial charge in [0.1, 0.15) is 0 Å². The Morgan fingerprint density at radius 1 is 1.53 bits per heavy atom. The quantitative estimate of drug-likeness (QED) is 0.548. The molecule has 0 aliphatic rings. The zero-order valence-corrected chi connectivity index (χ0v) is 9.79. The lowest BCUT2D eigenvalue weighted by Crippen LogP contribution is -2.17. The van der Waals surface area contributed by atoms with Crippen LogP contribution in [-0.2, 0) is 19.5 Å². The summed E-state index contributed by atoms with van der Waals surface area (Å²) in [5, 5.41) is 7.89. The Kier molecular flexibility index (Phi) is 5.12. The maximum atomic E-state index is 4.50. The monoisotopic (exact) mass is 207 g/mol.